The first-order chi connectivity index (χ1) is 17.6. The highest BCUT2D eigenvalue weighted by Crippen LogP contribution is 2.31. The van der Waals surface area contributed by atoms with Gasteiger partial charge in [-0.1, -0.05) is 49.7 Å². The molecule has 2 unspecified atom stereocenters. The van der Waals surface area contributed by atoms with Gasteiger partial charge in [-0.05, 0) is 83.2 Å². The second-order valence-electron chi connectivity index (χ2n) is 11.1. The van der Waals surface area contributed by atoms with E-state index in [-0.39, 0.29) is 11.7 Å². The molecule has 0 aliphatic heterocycles. The molecule has 0 radical (unpaired) electrons. The monoisotopic (exact) mass is 545 g/mol. The average molecular weight is 546 g/mol. The first-order valence-corrected chi connectivity index (χ1v) is 13.1. The van der Waals surface area contributed by atoms with Crippen LogP contribution < -0.4 is 10.6 Å². The van der Waals surface area contributed by atoms with E-state index in [4.69, 9.17) is 16.3 Å². The first-order valence-electron chi connectivity index (χ1n) is 12.8. The molecule has 0 aliphatic rings. The molecule has 0 spiro atoms. The molecule has 208 valence electrons. The van der Waals surface area contributed by atoms with Gasteiger partial charge in [0, 0.05) is 6.04 Å². The number of hydrogen-bond donors (Lipinski definition) is 3. The molecular formula is C29H40ClN3O5. The molecule has 3 amide bonds. The predicted octanol–water partition coefficient (Wildman–Crippen LogP) is 6.21. The second kappa shape index (κ2) is 13.0. The third-order valence-electron chi connectivity index (χ3n) is 5.71. The number of rotatable bonds is 9. The maximum Gasteiger partial charge on any atom is 0.408 e. The summed E-state index contributed by atoms with van der Waals surface area (Å²) in [4.78, 5) is 42.1. The lowest BCUT2D eigenvalue weighted by atomic mass is 9.97. The van der Waals surface area contributed by atoms with Crippen molar-refractivity contribution in [2.24, 2.45) is 5.92 Å². The van der Waals surface area contributed by atoms with Crippen LogP contribution in [0.4, 0.5) is 10.5 Å². The van der Waals surface area contributed by atoms with Gasteiger partial charge in [0.15, 0.2) is 0 Å². The Morgan fingerprint density at radius 3 is 2.13 bits per heavy atom. The minimum absolute atomic E-state index is 0.0292. The second-order valence-corrected chi connectivity index (χ2v) is 11.5. The number of nitrogens with one attached hydrogen (secondary N) is 2. The first kappa shape index (κ1) is 31.0. The highest BCUT2D eigenvalue weighted by Gasteiger charge is 2.38. The number of phenols is 1. The molecule has 0 fully saturated rings. The Morgan fingerprint density at radius 2 is 1.63 bits per heavy atom. The zero-order valence-electron chi connectivity index (χ0n) is 23.5. The molecule has 0 saturated carbocycles. The molecule has 0 saturated heterocycles. The molecule has 2 aromatic rings. The lowest BCUT2D eigenvalue weighted by Gasteiger charge is -2.37. The van der Waals surface area contributed by atoms with Gasteiger partial charge in [-0.25, -0.2) is 4.79 Å². The smallest absolute Gasteiger partial charge is 0.408 e. The normalized spacial score (nSPS) is 13.1. The summed E-state index contributed by atoms with van der Waals surface area (Å²) in [6, 6.07) is 8.98. The van der Waals surface area contributed by atoms with E-state index < -0.39 is 41.6 Å². The zero-order chi connectivity index (χ0) is 28.8. The van der Waals surface area contributed by atoms with Gasteiger partial charge >= 0.3 is 6.09 Å². The van der Waals surface area contributed by atoms with Gasteiger partial charge in [0.25, 0.3) is 5.91 Å². The summed E-state index contributed by atoms with van der Waals surface area (Å²) < 4.78 is 5.41. The molecular weight excluding hydrogens is 506 g/mol. The molecule has 2 rings (SSSR count). The molecule has 9 heteroatoms. The van der Waals surface area contributed by atoms with Crippen molar-refractivity contribution in [1.29, 1.82) is 0 Å². The van der Waals surface area contributed by atoms with Crippen LogP contribution in [0.1, 0.15) is 72.1 Å². The van der Waals surface area contributed by atoms with E-state index in [1.165, 1.54) is 17.0 Å². The maximum absolute atomic E-state index is 14.1. The zero-order valence-corrected chi connectivity index (χ0v) is 24.2. The van der Waals surface area contributed by atoms with Crippen molar-refractivity contribution >= 4 is 35.2 Å². The van der Waals surface area contributed by atoms with Crippen LogP contribution in [-0.2, 0) is 14.3 Å². The van der Waals surface area contributed by atoms with Crippen molar-refractivity contribution in [2.75, 3.05) is 5.32 Å². The van der Waals surface area contributed by atoms with Gasteiger partial charge in [-0.2, -0.15) is 0 Å². The molecule has 0 heterocycles. The van der Waals surface area contributed by atoms with Gasteiger partial charge in [0.1, 0.15) is 23.4 Å². The predicted molar refractivity (Wildman–Crippen MR) is 150 cm³/mol. The highest BCUT2D eigenvalue weighted by molar-refractivity contribution is 6.34. The summed E-state index contributed by atoms with van der Waals surface area (Å²) in [6.45, 7) is 14.6. The van der Waals surface area contributed by atoms with E-state index >= 15 is 0 Å². The van der Waals surface area contributed by atoms with E-state index in [0.717, 1.165) is 5.56 Å². The van der Waals surface area contributed by atoms with Crippen LogP contribution in [0.15, 0.2) is 42.5 Å². The number of aryl methyl sites for hydroxylation is 1. The number of anilines is 1. The molecule has 0 aromatic heterocycles. The standard InChI is InChI=1S/C29H40ClN3O5/c1-17(2)16-23(31-28(37)38-29(6,7)8)27(36)33(18(3)4)25(20-12-14-21(34)15-13-20)26(35)32-24-19(5)10-9-11-22(24)30/h9-15,17-18,23,25,34H,16H2,1-8H3,(H,31,37)(H,32,35). The third kappa shape index (κ3) is 8.65. The number of para-hydroxylation sites is 1. The number of hydrogen-bond acceptors (Lipinski definition) is 5. The molecule has 0 aliphatic carbocycles. The number of aromatic hydroxyl groups is 1. The lowest BCUT2D eigenvalue weighted by molar-refractivity contribution is -0.143. The summed E-state index contributed by atoms with van der Waals surface area (Å²) in [6.07, 6.45) is -0.369. The van der Waals surface area contributed by atoms with Crippen molar-refractivity contribution < 1.29 is 24.2 Å². The highest BCUT2D eigenvalue weighted by atomic mass is 35.5. The average Bonchev–Trinajstić information content (AvgIpc) is 2.78. The lowest BCUT2D eigenvalue weighted by Crippen LogP contribution is -2.54. The third-order valence-corrected chi connectivity index (χ3v) is 6.03. The van der Waals surface area contributed by atoms with Crippen molar-refractivity contribution in [2.45, 2.75) is 85.5 Å². The van der Waals surface area contributed by atoms with Crippen LogP contribution in [0, 0.1) is 12.8 Å². The summed E-state index contributed by atoms with van der Waals surface area (Å²) in [5.41, 5.74) is 0.966. The number of amides is 3. The summed E-state index contributed by atoms with van der Waals surface area (Å²) >= 11 is 6.38. The molecule has 2 aromatic carbocycles. The summed E-state index contributed by atoms with van der Waals surface area (Å²) in [5, 5.41) is 15.8. The quantitative estimate of drug-likeness (QED) is 0.347. The van der Waals surface area contributed by atoms with E-state index in [9.17, 15) is 19.5 Å². The van der Waals surface area contributed by atoms with Gasteiger partial charge in [-0.15, -0.1) is 0 Å². The van der Waals surface area contributed by atoms with Gasteiger partial charge in [0.2, 0.25) is 5.91 Å². The number of phenolic OH excluding ortho intramolecular Hbond substituents is 1. The van der Waals surface area contributed by atoms with Gasteiger partial charge in [0.05, 0.1) is 10.7 Å². The van der Waals surface area contributed by atoms with E-state index in [1.54, 1.807) is 58.9 Å². The fraction of sp³-hybridized carbons (Fsp3) is 0.483. The van der Waals surface area contributed by atoms with Crippen LogP contribution in [0.5, 0.6) is 5.75 Å². The number of benzene rings is 2. The van der Waals surface area contributed by atoms with Crippen LogP contribution in [0.3, 0.4) is 0 Å². The summed E-state index contributed by atoms with van der Waals surface area (Å²) in [7, 11) is 0. The molecule has 8 nitrogen and oxygen atoms in total. The van der Waals surface area contributed by atoms with Crippen molar-refractivity contribution in [3.63, 3.8) is 0 Å². The molecule has 3 N–H and O–H groups in total. The van der Waals surface area contributed by atoms with E-state index in [0.29, 0.717) is 22.7 Å². The number of halogens is 1. The summed E-state index contributed by atoms with van der Waals surface area (Å²) in [5.74, 6) is -0.806. The van der Waals surface area contributed by atoms with Crippen LogP contribution >= 0.6 is 11.6 Å². The fourth-order valence-corrected chi connectivity index (χ4v) is 4.35. The molecule has 0 bridgehead atoms. The number of carbonyl (C=O) groups excluding carboxylic acids is 3. The Bertz CT molecular complexity index is 1110. The topological polar surface area (TPSA) is 108 Å². The number of nitrogens with zero attached hydrogens (tertiary/aromatic N) is 1. The van der Waals surface area contributed by atoms with Gasteiger partial charge < -0.3 is 25.4 Å². The van der Waals surface area contributed by atoms with Crippen molar-refractivity contribution in [3.05, 3.63) is 58.6 Å². The SMILES string of the molecule is Cc1cccc(Cl)c1NC(=O)C(c1ccc(O)cc1)N(C(=O)C(CC(C)C)NC(=O)OC(C)(C)C)C(C)C. The van der Waals surface area contributed by atoms with E-state index in [2.05, 4.69) is 10.6 Å². The van der Waals surface area contributed by atoms with Crippen LogP contribution in [0.25, 0.3) is 0 Å². The Morgan fingerprint density at radius 1 is 1.03 bits per heavy atom. The fourth-order valence-electron chi connectivity index (χ4n) is 4.08. The van der Waals surface area contributed by atoms with Gasteiger partial charge in [-0.3, -0.25) is 9.59 Å². The Kier molecular flexibility index (Phi) is 10.6. The van der Waals surface area contributed by atoms with Crippen LogP contribution in [0.2, 0.25) is 5.02 Å². The maximum atomic E-state index is 14.1. The minimum Gasteiger partial charge on any atom is -0.508 e. The number of ether oxygens (including phenoxy) is 1. The van der Waals surface area contributed by atoms with Crippen molar-refractivity contribution in [3.8, 4) is 5.75 Å². The Hall–Kier alpha value is -3.26. The minimum atomic E-state index is -1.08. The molecule has 2 atom stereocenters. The largest absolute Gasteiger partial charge is 0.508 e. The Labute approximate surface area is 230 Å². The number of alkyl carbamates (subject to hydrolysis) is 1. The molecule has 38 heavy (non-hydrogen) atoms. The van der Waals surface area contributed by atoms with Crippen molar-refractivity contribution in [1.82, 2.24) is 10.2 Å². The van der Waals surface area contributed by atoms with Crippen LogP contribution in [-0.4, -0.2) is 45.6 Å². The number of carbonyl (C=O) groups is 3. The Balaban J connectivity index is 2.55. The van der Waals surface area contributed by atoms with E-state index in [1.807, 2.05) is 26.8 Å².